The zero-order valence-electron chi connectivity index (χ0n) is 42.6. The largest absolute Gasteiger partial charge is 0.494 e. The van der Waals surface area contributed by atoms with Crippen LogP contribution in [0.3, 0.4) is 0 Å². The number of carboxylic acids is 1. The van der Waals surface area contributed by atoms with Crippen LogP contribution in [0.4, 0.5) is 34.7 Å². The van der Waals surface area contributed by atoms with Gasteiger partial charge in [-0.3, -0.25) is 18.8 Å². The van der Waals surface area contributed by atoms with Gasteiger partial charge in [-0.2, -0.15) is 4.39 Å². The van der Waals surface area contributed by atoms with Gasteiger partial charge in [0.2, 0.25) is 17.7 Å². The third kappa shape index (κ3) is 17.4. The molecule has 4 aromatic rings. The molecule has 1 atom stereocenters. The van der Waals surface area contributed by atoms with Crippen LogP contribution in [0, 0.1) is 11.6 Å². The van der Waals surface area contributed by atoms with E-state index in [-0.39, 0.29) is 74.8 Å². The van der Waals surface area contributed by atoms with E-state index >= 15 is 4.39 Å². The topological polar surface area (TPSA) is 266 Å². The number of aliphatic imine (C=N–C) groups is 1. The Morgan fingerprint density at radius 3 is 2.15 bits per heavy atom. The number of fused-ring (bicyclic) bond motifs is 1. The molecule has 21 nitrogen and oxygen atoms in total. The Bertz CT molecular complexity index is 2620. The van der Waals surface area contributed by atoms with Crippen molar-refractivity contribution in [2.24, 2.45) is 4.99 Å². The van der Waals surface area contributed by atoms with E-state index in [0.717, 1.165) is 4.90 Å². The van der Waals surface area contributed by atoms with Crippen LogP contribution in [0.2, 0.25) is 0 Å². The Hall–Kier alpha value is -7.59. The van der Waals surface area contributed by atoms with Gasteiger partial charge < -0.3 is 50.6 Å². The second-order valence-corrected chi connectivity index (χ2v) is 19.3. The third-order valence-corrected chi connectivity index (χ3v) is 9.87. The van der Waals surface area contributed by atoms with Crippen molar-refractivity contribution in [3.8, 4) is 17.0 Å². The minimum Gasteiger partial charge on any atom is -0.494 e. The SMILES string of the molecule is CCc1cc(Nc2nccn3c(-c4ccc(OC)c(F)c4F)cnc23)ccc1C(=O)NCCNC(=O)C(CCCN/C(=N/C(=O)OC(C)(C)C)N(CCCC(=O)O)C(=O)OC(C)(C)C)NC(=O)OC(C)(C)C. The molecule has 0 saturated carbocycles. The van der Waals surface area contributed by atoms with Crippen LogP contribution < -0.4 is 31.3 Å². The van der Waals surface area contributed by atoms with E-state index in [1.807, 2.05) is 6.92 Å². The number of alkyl carbamates (subject to hydrolysis) is 1. The summed E-state index contributed by atoms with van der Waals surface area (Å²) in [6.45, 7) is 16.5. The lowest BCUT2D eigenvalue weighted by Gasteiger charge is -2.28. The summed E-state index contributed by atoms with van der Waals surface area (Å²) in [7, 11) is 1.24. The first kappa shape index (κ1) is 57.0. The molecule has 4 rings (SSSR count). The smallest absolute Gasteiger partial charge is 0.437 e. The average Bonchev–Trinajstić information content (AvgIpc) is 3.71. The fourth-order valence-corrected chi connectivity index (χ4v) is 6.78. The number of amides is 5. The number of halogens is 2. The summed E-state index contributed by atoms with van der Waals surface area (Å²) >= 11 is 0. The van der Waals surface area contributed by atoms with Crippen molar-refractivity contribution in [1.29, 1.82) is 0 Å². The number of aromatic nitrogens is 3. The first-order chi connectivity index (χ1) is 33.7. The number of imidazole rings is 1. The summed E-state index contributed by atoms with van der Waals surface area (Å²) in [6, 6.07) is 6.65. The van der Waals surface area contributed by atoms with Gasteiger partial charge in [0.1, 0.15) is 22.8 Å². The van der Waals surface area contributed by atoms with Crippen molar-refractivity contribution < 1.29 is 61.6 Å². The molecule has 0 saturated heterocycles. The van der Waals surface area contributed by atoms with Crippen molar-refractivity contribution >= 4 is 59.2 Å². The third-order valence-electron chi connectivity index (χ3n) is 9.87. The fraction of sp³-hybridized carbons (Fsp3) is 0.490. The van der Waals surface area contributed by atoms with Crippen LogP contribution in [0.5, 0.6) is 5.75 Å². The number of hydrogen-bond donors (Lipinski definition) is 6. The Balaban J connectivity index is 1.42. The van der Waals surface area contributed by atoms with Crippen LogP contribution in [-0.2, 0) is 30.2 Å². The number of aliphatic carboxylic acids is 1. The molecule has 0 aliphatic rings. The molecule has 1 unspecified atom stereocenters. The number of guanidine groups is 1. The molecule has 392 valence electrons. The predicted molar refractivity (Wildman–Crippen MR) is 263 cm³/mol. The maximum absolute atomic E-state index is 15.0. The highest BCUT2D eigenvalue weighted by atomic mass is 19.2. The molecule has 2 heterocycles. The van der Waals surface area contributed by atoms with Crippen molar-refractivity contribution in [3.63, 3.8) is 0 Å². The first-order valence-corrected chi connectivity index (χ1v) is 23.3. The van der Waals surface area contributed by atoms with Gasteiger partial charge in [0.15, 0.2) is 23.0 Å². The van der Waals surface area contributed by atoms with Crippen molar-refractivity contribution in [2.75, 3.05) is 38.6 Å². The number of nitrogens with zero attached hydrogens (tertiary/aromatic N) is 5. The normalized spacial score (nSPS) is 12.3. The number of methoxy groups -OCH3 is 1. The molecule has 2 aromatic carbocycles. The molecule has 0 spiro atoms. The van der Waals surface area contributed by atoms with Gasteiger partial charge >= 0.3 is 24.2 Å². The molecular weight excluding hydrogens is 943 g/mol. The molecule has 2 aromatic heterocycles. The summed E-state index contributed by atoms with van der Waals surface area (Å²) in [5, 5.41) is 23.5. The molecule has 0 aliphatic heterocycles. The zero-order valence-corrected chi connectivity index (χ0v) is 42.6. The van der Waals surface area contributed by atoms with E-state index in [9.17, 15) is 38.3 Å². The summed E-state index contributed by atoms with van der Waals surface area (Å²) in [5.41, 5.74) is -0.577. The summed E-state index contributed by atoms with van der Waals surface area (Å²) in [5.74, 6) is -4.52. The molecule has 0 fully saturated rings. The van der Waals surface area contributed by atoms with Crippen molar-refractivity contribution in [2.45, 2.75) is 124 Å². The van der Waals surface area contributed by atoms with Gasteiger partial charge in [-0.15, -0.1) is 4.99 Å². The highest BCUT2D eigenvalue weighted by Gasteiger charge is 2.29. The van der Waals surface area contributed by atoms with Crippen LogP contribution in [0.25, 0.3) is 16.9 Å². The van der Waals surface area contributed by atoms with Crippen LogP contribution >= 0.6 is 0 Å². The van der Waals surface area contributed by atoms with E-state index < -0.39 is 70.5 Å². The molecule has 6 N–H and O–H groups in total. The van der Waals surface area contributed by atoms with E-state index in [0.29, 0.717) is 34.7 Å². The summed E-state index contributed by atoms with van der Waals surface area (Å²) < 4.78 is 52.4. The molecule has 0 radical (unpaired) electrons. The van der Waals surface area contributed by atoms with Gasteiger partial charge in [-0.25, -0.2) is 33.6 Å². The Labute approximate surface area is 416 Å². The standard InChI is InChI=1S/C49H66F2N10O11/c1-12-29-27-30(57-39-40-56-28-34(60(40)26-24-52-39)32-19-20-35(69-11)38(51)37(32)50)17-18-31(29)41(64)53-22-23-54-42(65)33(58-44(66)70-47(2,3)4)15-13-21-55-43(59-45(67)71-48(5,6)7)61(25-14-16-36(62)63)46(68)72-49(8,9)10/h17-20,24,26-28,33H,12-16,21-23,25H2,1-11H3,(H,52,57)(H,53,64)(H,54,65)(H,58,66)(H,62,63)(H,55,59,67). The minimum atomic E-state index is -1.15. The zero-order chi connectivity index (χ0) is 53.6. The fourth-order valence-electron chi connectivity index (χ4n) is 6.78. The minimum absolute atomic E-state index is 0.00557. The van der Waals surface area contributed by atoms with Gasteiger partial charge in [-0.05, 0) is 124 Å². The average molecular weight is 1010 g/mol. The number of benzene rings is 2. The van der Waals surface area contributed by atoms with E-state index in [2.05, 4.69) is 41.5 Å². The lowest BCUT2D eigenvalue weighted by atomic mass is 10.0. The van der Waals surface area contributed by atoms with Crippen LogP contribution in [0.1, 0.15) is 111 Å². The van der Waals surface area contributed by atoms with Gasteiger partial charge in [0, 0.05) is 61.8 Å². The predicted octanol–water partition coefficient (Wildman–Crippen LogP) is 7.49. The molecule has 0 aliphatic carbocycles. The quantitative estimate of drug-likeness (QED) is 0.0230. The summed E-state index contributed by atoms with van der Waals surface area (Å²) in [6.07, 6.45) is 1.98. The number of hydrogen-bond acceptors (Lipinski definition) is 13. The maximum atomic E-state index is 15.0. The molecular formula is C49H66F2N10O11. The number of rotatable bonds is 19. The van der Waals surface area contributed by atoms with Gasteiger partial charge in [-0.1, -0.05) is 6.92 Å². The van der Waals surface area contributed by atoms with E-state index in [1.54, 1.807) is 91.1 Å². The Kier molecular flexibility index (Phi) is 19.8. The van der Waals surface area contributed by atoms with E-state index in [1.165, 1.54) is 31.6 Å². The van der Waals surface area contributed by atoms with Gasteiger partial charge in [0.25, 0.3) is 5.91 Å². The highest BCUT2D eigenvalue weighted by molar-refractivity contribution is 5.99. The maximum Gasteiger partial charge on any atom is 0.437 e. The number of anilines is 2. The molecule has 5 amide bonds. The number of aryl methyl sites for hydroxylation is 1. The number of carboxylic acid groups (broad SMARTS) is 1. The lowest BCUT2D eigenvalue weighted by Crippen LogP contribution is -2.50. The molecule has 0 bridgehead atoms. The van der Waals surface area contributed by atoms with Crippen molar-refractivity contribution in [1.82, 2.24) is 40.5 Å². The summed E-state index contributed by atoms with van der Waals surface area (Å²) in [4.78, 5) is 91.3. The highest BCUT2D eigenvalue weighted by Crippen LogP contribution is 2.32. The second-order valence-electron chi connectivity index (χ2n) is 19.3. The lowest BCUT2D eigenvalue weighted by molar-refractivity contribution is -0.137. The number of carbonyl (C=O) groups excluding carboxylic acids is 5. The second kappa shape index (κ2) is 25.0. The first-order valence-electron chi connectivity index (χ1n) is 23.3. The monoisotopic (exact) mass is 1010 g/mol. The van der Waals surface area contributed by atoms with Crippen molar-refractivity contribution in [3.05, 3.63) is 71.7 Å². The molecule has 72 heavy (non-hydrogen) atoms. The molecule has 23 heteroatoms. The van der Waals surface area contributed by atoms with E-state index in [4.69, 9.17) is 18.9 Å². The van der Waals surface area contributed by atoms with Crippen LogP contribution in [0.15, 0.2) is 53.9 Å². The van der Waals surface area contributed by atoms with Gasteiger partial charge in [0.05, 0.1) is 19.0 Å². The van der Waals surface area contributed by atoms with Crippen LogP contribution in [-0.4, -0.2) is 123 Å². The Morgan fingerprint density at radius 1 is 0.833 bits per heavy atom. The number of ether oxygens (including phenoxy) is 4. The number of nitrogens with one attached hydrogen (secondary N) is 5. The Morgan fingerprint density at radius 2 is 1.51 bits per heavy atom. The number of carbonyl (C=O) groups is 6.